The van der Waals surface area contributed by atoms with Crippen molar-refractivity contribution in [1.29, 1.82) is 0 Å². The van der Waals surface area contributed by atoms with Crippen molar-refractivity contribution in [2.24, 2.45) is 4.99 Å². The van der Waals surface area contributed by atoms with E-state index in [1.807, 2.05) is 18.2 Å². The Hall–Kier alpha value is -8.01. The maximum Gasteiger partial charge on any atom is 0.132 e. The van der Waals surface area contributed by atoms with E-state index in [-0.39, 0.29) is 6.04 Å². The fraction of sp³-hybridized carbons (Fsp3) is 0.0339. The summed E-state index contributed by atoms with van der Waals surface area (Å²) in [4.78, 5) is 5.23. The standard InChI is InChI=1S/C59H39N2O/c1-4-15-39(16-5-1)41-27-29-42(30-28-41)54-38-55(61-58(60-54)43-19-8-3-9-20-43)47-22-14-21-44(35-47)46-32-34-49-48-33-31-45(40-17-6-2-7-18-40)36-52(48)59(53(49)37-46)50-23-10-12-25-56(50)62-57-26-13-11-24-51(57)59/h1-38,54H/q-1. The van der Waals surface area contributed by atoms with E-state index >= 15 is 0 Å². The van der Waals surface area contributed by atoms with Gasteiger partial charge in [-0.2, -0.15) is 0 Å². The number of aliphatic imine (C=N–C) groups is 1. The van der Waals surface area contributed by atoms with Gasteiger partial charge in [0.05, 0.1) is 5.41 Å². The molecule has 62 heavy (non-hydrogen) atoms. The second kappa shape index (κ2) is 14.6. The lowest BCUT2D eigenvalue weighted by atomic mass is 9.65. The Morgan fingerprint density at radius 1 is 0.371 bits per heavy atom. The predicted molar refractivity (Wildman–Crippen MR) is 254 cm³/mol. The normalized spacial score (nSPS) is 15.2. The van der Waals surface area contributed by atoms with Gasteiger partial charge in [0.15, 0.2) is 0 Å². The molecule has 0 bridgehead atoms. The molecule has 12 rings (SSSR count). The van der Waals surface area contributed by atoms with Crippen LogP contribution in [0, 0.1) is 0 Å². The van der Waals surface area contributed by atoms with Gasteiger partial charge in [-0.15, -0.1) is 0 Å². The van der Waals surface area contributed by atoms with E-state index in [0.29, 0.717) is 0 Å². The summed E-state index contributed by atoms with van der Waals surface area (Å²) in [6.07, 6.45) is 2.21. The van der Waals surface area contributed by atoms with E-state index in [0.717, 1.165) is 62.0 Å². The van der Waals surface area contributed by atoms with Crippen LogP contribution in [0.3, 0.4) is 0 Å². The second-order valence-corrected chi connectivity index (χ2v) is 16.2. The average Bonchev–Trinajstić information content (AvgIpc) is 3.64. The Balaban J connectivity index is 0.996. The molecule has 1 atom stereocenters. The molecule has 292 valence electrons. The molecule has 3 aliphatic rings. The third-order valence-electron chi connectivity index (χ3n) is 12.7. The van der Waals surface area contributed by atoms with Crippen LogP contribution in [0.2, 0.25) is 0 Å². The third-order valence-corrected chi connectivity index (χ3v) is 12.7. The highest BCUT2D eigenvalue weighted by atomic mass is 16.5. The molecule has 0 saturated heterocycles. The van der Waals surface area contributed by atoms with Gasteiger partial charge in [-0.05, 0) is 108 Å². The lowest BCUT2D eigenvalue weighted by molar-refractivity contribution is 0.436. The van der Waals surface area contributed by atoms with Crippen LogP contribution in [0.1, 0.15) is 45.0 Å². The molecule has 0 N–H and O–H groups in total. The molecule has 0 radical (unpaired) electrons. The van der Waals surface area contributed by atoms with Gasteiger partial charge in [0.1, 0.15) is 11.5 Å². The summed E-state index contributed by atoms with van der Waals surface area (Å²) >= 11 is 0. The van der Waals surface area contributed by atoms with Crippen molar-refractivity contribution in [2.75, 3.05) is 0 Å². The number of fused-ring (bicyclic) bond motifs is 9. The van der Waals surface area contributed by atoms with Gasteiger partial charge in [-0.3, -0.25) is 0 Å². The summed E-state index contributed by atoms with van der Waals surface area (Å²) in [6, 6.07) is 80.1. The molecule has 0 amide bonds. The minimum atomic E-state index is -0.597. The van der Waals surface area contributed by atoms with Gasteiger partial charge < -0.3 is 15.0 Å². The van der Waals surface area contributed by atoms with E-state index < -0.39 is 5.41 Å². The van der Waals surface area contributed by atoms with Gasteiger partial charge in [0, 0.05) is 17.2 Å². The predicted octanol–water partition coefficient (Wildman–Crippen LogP) is 15.1. The minimum Gasteiger partial charge on any atom is -0.457 e. The zero-order valence-electron chi connectivity index (χ0n) is 33.8. The molecule has 9 aromatic carbocycles. The van der Waals surface area contributed by atoms with Crippen LogP contribution in [0.15, 0.2) is 236 Å². The van der Waals surface area contributed by atoms with Crippen LogP contribution < -0.4 is 4.74 Å². The first kappa shape index (κ1) is 35.9. The lowest BCUT2D eigenvalue weighted by Crippen LogP contribution is -2.32. The summed E-state index contributed by atoms with van der Waals surface area (Å²) < 4.78 is 6.69. The molecule has 0 fully saturated rings. The van der Waals surface area contributed by atoms with E-state index in [2.05, 4.69) is 212 Å². The highest BCUT2D eigenvalue weighted by molar-refractivity contribution is 6.12. The Morgan fingerprint density at radius 3 is 1.44 bits per heavy atom. The Morgan fingerprint density at radius 2 is 0.823 bits per heavy atom. The largest absolute Gasteiger partial charge is 0.457 e. The van der Waals surface area contributed by atoms with Crippen molar-refractivity contribution in [2.45, 2.75) is 11.5 Å². The van der Waals surface area contributed by atoms with Gasteiger partial charge in [-0.1, -0.05) is 206 Å². The third kappa shape index (κ3) is 5.85. The maximum absolute atomic E-state index is 6.69. The molecule has 0 saturated carbocycles. The Labute approximate surface area is 362 Å². The first-order valence-electron chi connectivity index (χ1n) is 21.3. The van der Waals surface area contributed by atoms with Crippen molar-refractivity contribution < 1.29 is 4.74 Å². The molecular formula is C59H39N2O-. The van der Waals surface area contributed by atoms with Gasteiger partial charge in [0.25, 0.3) is 0 Å². The number of hydrogen-bond donors (Lipinski definition) is 0. The van der Waals surface area contributed by atoms with Crippen molar-refractivity contribution in [3.8, 4) is 56.0 Å². The van der Waals surface area contributed by atoms with Crippen molar-refractivity contribution in [1.82, 2.24) is 0 Å². The number of benzene rings is 9. The number of amidine groups is 1. The van der Waals surface area contributed by atoms with Crippen LogP contribution in [0.4, 0.5) is 0 Å². The Kier molecular flexibility index (Phi) is 8.46. The first-order valence-corrected chi connectivity index (χ1v) is 21.3. The summed E-state index contributed by atoms with van der Waals surface area (Å²) in [5.41, 5.74) is 17.8. The number of nitrogens with zero attached hydrogens (tertiary/aromatic N) is 2. The van der Waals surface area contributed by atoms with Crippen molar-refractivity contribution in [3.05, 3.63) is 275 Å². The fourth-order valence-corrected chi connectivity index (χ4v) is 9.81. The van der Waals surface area contributed by atoms with Crippen molar-refractivity contribution >= 4 is 11.5 Å². The minimum absolute atomic E-state index is 0.195. The van der Waals surface area contributed by atoms with E-state index in [1.165, 1.54) is 44.5 Å². The smallest absolute Gasteiger partial charge is 0.132 e. The monoisotopic (exact) mass is 791 g/mol. The highest BCUT2D eigenvalue weighted by Gasteiger charge is 2.51. The Bertz CT molecular complexity index is 3180. The summed E-state index contributed by atoms with van der Waals surface area (Å²) in [6.45, 7) is 0. The van der Waals surface area contributed by atoms with E-state index in [9.17, 15) is 0 Å². The van der Waals surface area contributed by atoms with Crippen molar-refractivity contribution in [3.63, 3.8) is 0 Å². The summed E-state index contributed by atoms with van der Waals surface area (Å²) in [5.74, 6) is 2.50. The zero-order valence-corrected chi connectivity index (χ0v) is 33.8. The summed E-state index contributed by atoms with van der Waals surface area (Å²) in [7, 11) is 0. The fourth-order valence-electron chi connectivity index (χ4n) is 9.81. The molecular weight excluding hydrogens is 753 g/mol. The SMILES string of the molecule is C1=C(c2cccc(-c3ccc4c(c3)C3(c5ccccc5Oc5ccccc53)c3cc(-c5ccccc5)ccc3-4)c2)N=C(c2ccccc2)[N-]C1c1ccc(-c2ccccc2)cc1. The maximum atomic E-state index is 6.69. The molecule has 1 unspecified atom stereocenters. The molecule has 9 aromatic rings. The van der Waals surface area contributed by atoms with E-state index in [1.54, 1.807) is 0 Å². The molecule has 1 aliphatic carbocycles. The summed E-state index contributed by atoms with van der Waals surface area (Å²) in [5, 5.41) is 5.21. The average molecular weight is 792 g/mol. The van der Waals surface area contributed by atoms with Crippen LogP contribution >= 0.6 is 0 Å². The number of ether oxygens (including phenoxy) is 1. The van der Waals surface area contributed by atoms with Gasteiger partial charge in [0.2, 0.25) is 0 Å². The zero-order chi connectivity index (χ0) is 41.0. The number of para-hydroxylation sites is 2. The number of hydrogen-bond acceptors (Lipinski definition) is 2. The van der Waals surface area contributed by atoms with Gasteiger partial charge >= 0.3 is 0 Å². The quantitative estimate of drug-likeness (QED) is 0.165. The van der Waals surface area contributed by atoms with E-state index in [4.69, 9.17) is 15.0 Å². The lowest BCUT2D eigenvalue weighted by Gasteiger charge is -2.39. The molecule has 1 spiro atoms. The van der Waals surface area contributed by atoms with Crippen LogP contribution in [-0.2, 0) is 5.41 Å². The molecule has 0 aromatic heterocycles. The molecule has 2 aliphatic heterocycles. The second-order valence-electron chi connectivity index (χ2n) is 16.2. The highest BCUT2D eigenvalue weighted by Crippen LogP contribution is 2.62. The van der Waals surface area contributed by atoms with Crippen LogP contribution in [-0.4, -0.2) is 5.84 Å². The topological polar surface area (TPSA) is 35.7 Å². The first-order chi connectivity index (χ1) is 30.7. The van der Waals surface area contributed by atoms with Crippen LogP contribution in [0.5, 0.6) is 11.5 Å². The molecule has 3 heteroatoms. The van der Waals surface area contributed by atoms with Gasteiger partial charge in [-0.25, -0.2) is 0 Å². The van der Waals surface area contributed by atoms with Crippen LogP contribution in [0.25, 0.3) is 55.5 Å². The molecule has 3 nitrogen and oxygen atoms in total. The molecule has 2 heterocycles. The number of rotatable bonds is 6.